The molecule has 1 aliphatic heterocycles. The highest BCUT2D eigenvalue weighted by molar-refractivity contribution is 7.90. The predicted molar refractivity (Wildman–Crippen MR) is 64.6 cm³/mol. The van der Waals surface area contributed by atoms with Crippen molar-refractivity contribution in [3.8, 4) is 11.8 Å². The molecule has 1 aliphatic rings. The molecule has 0 aliphatic carbocycles. The van der Waals surface area contributed by atoms with Crippen molar-refractivity contribution in [3.63, 3.8) is 0 Å². The number of hydrogen-bond acceptors (Lipinski definition) is 5. The third-order valence-electron chi connectivity index (χ3n) is 2.43. The van der Waals surface area contributed by atoms with Gasteiger partial charge in [0.05, 0.1) is 5.56 Å². The second kappa shape index (κ2) is 4.74. The summed E-state index contributed by atoms with van der Waals surface area (Å²) in [7, 11) is -4.17. The lowest BCUT2D eigenvalue weighted by molar-refractivity contribution is 0.0826. The summed E-state index contributed by atoms with van der Waals surface area (Å²) < 4.78 is 28.8. The molecule has 0 aromatic heterocycles. The molecule has 0 spiro atoms. The molecule has 0 radical (unpaired) electrons. The molecule has 1 aromatic carbocycles. The van der Waals surface area contributed by atoms with Gasteiger partial charge in [-0.2, -0.15) is 0 Å². The molecule has 1 heterocycles. The van der Waals surface area contributed by atoms with Crippen LogP contribution in [0.25, 0.3) is 0 Å². The molecule has 0 N–H and O–H groups in total. The fourth-order valence-electron chi connectivity index (χ4n) is 1.59. The van der Waals surface area contributed by atoms with Gasteiger partial charge in [-0.15, -0.1) is 10.2 Å². The number of hydrogen-bond donors (Lipinski definition) is 0. The zero-order chi connectivity index (χ0) is 14.0. The average molecular weight is 279 g/mol. The van der Waals surface area contributed by atoms with Crippen molar-refractivity contribution in [1.82, 2.24) is 4.31 Å². The normalized spacial score (nSPS) is 15.4. The summed E-state index contributed by atoms with van der Waals surface area (Å²) in [5.41, 5.74) is -0.0407. The summed E-state index contributed by atoms with van der Waals surface area (Å²) >= 11 is 0. The van der Waals surface area contributed by atoms with Crippen molar-refractivity contribution in [1.29, 1.82) is 0 Å². The second-order valence-electron chi connectivity index (χ2n) is 3.55. The summed E-state index contributed by atoms with van der Waals surface area (Å²) in [6.07, 6.45) is -1.25. The maximum Gasteiger partial charge on any atom is 0.432 e. The van der Waals surface area contributed by atoms with Crippen LogP contribution in [0.4, 0.5) is 4.79 Å². The number of rotatable bonds is 1. The minimum atomic E-state index is -4.17. The maximum atomic E-state index is 12.0. The van der Waals surface area contributed by atoms with Crippen LogP contribution < -0.4 is 0 Å². The first kappa shape index (κ1) is 13.1. The van der Waals surface area contributed by atoms with E-state index in [-0.39, 0.29) is 21.4 Å². The minimum Gasteiger partial charge on any atom is -0.435 e. The van der Waals surface area contributed by atoms with Gasteiger partial charge in [-0.3, -0.25) is 4.79 Å². The van der Waals surface area contributed by atoms with Gasteiger partial charge < -0.3 is 4.74 Å². The monoisotopic (exact) mass is 279 g/mol. The Bertz CT molecular complexity index is 711. The van der Waals surface area contributed by atoms with E-state index in [0.717, 1.165) is 0 Å². The van der Waals surface area contributed by atoms with E-state index in [9.17, 15) is 18.0 Å². The second-order valence-corrected chi connectivity index (χ2v) is 5.31. The van der Waals surface area contributed by atoms with Gasteiger partial charge in [0.15, 0.2) is 6.61 Å². The highest BCUT2D eigenvalue weighted by Crippen LogP contribution is 2.30. The summed E-state index contributed by atoms with van der Waals surface area (Å²) in [5.74, 6) is 4.01. The zero-order valence-corrected chi connectivity index (χ0v) is 10.7. The van der Waals surface area contributed by atoms with Gasteiger partial charge in [0.25, 0.3) is 15.9 Å². The minimum absolute atomic E-state index is 0.0407. The van der Waals surface area contributed by atoms with Crippen LogP contribution in [0.5, 0.6) is 0 Å². The third kappa shape index (κ3) is 2.06. The van der Waals surface area contributed by atoms with Crippen molar-refractivity contribution in [2.24, 2.45) is 0 Å². The number of imide groups is 1. The standard InChI is InChI=1S/C12H9NO5S/c1-2-3-8-18-12(15)13-11(14)9-6-4-5-7-10(9)19(13,16)17/h4-7H,8H2,1H3. The summed E-state index contributed by atoms with van der Waals surface area (Å²) in [4.78, 5) is 23.4. The molecule has 1 aromatic rings. The van der Waals surface area contributed by atoms with Gasteiger partial charge in [0.2, 0.25) is 0 Å². The Kier molecular flexibility index (Phi) is 3.27. The van der Waals surface area contributed by atoms with Gasteiger partial charge in [-0.1, -0.05) is 18.1 Å². The van der Waals surface area contributed by atoms with Crippen LogP contribution in [-0.2, 0) is 14.8 Å². The average Bonchev–Trinajstić information content (AvgIpc) is 2.58. The van der Waals surface area contributed by atoms with Crippen LogP contribution in [0.3, 0.4) is 0 Å². The van der Waals surface area contributed by atoms with E-state index in [2.05, 4.69) is 16.6 Å². The van der Waals surface area contributed by atoms with Crippen LogP contribution >= 0.6 is 0 Å². The Morgan fingerprint density at radius 3 is 2.68 bits per heavy atom. The molecule has 0 atom stereocenters. The van der Waals surface area contributed by atoms with Crippen LogP contribution in [0.2, 0.25) is 0 Å². The molecule has 19 heavy (non-hydrogen) atoms. The lowest BCUT2D eigenvalue weighted by Crippen LogP contribution is -2.36. The number of amides is 2. The van der Waals surface area contributed by atoms with Crippen LogP contribution in [0, 0.1) is 11.8 Å². The smallest absolute Gasteiger partial charge is 0.432 e. The molecule has 0 bridgehead atoms. The highest BCUT2D eigenvalue weighted by Gasteiger charge is 2.46. The van der Waals surface area contributed by atoms with E-state index in [4.69, 9.17) is 0 Å². The Hall–Kier alpha value is -2.33. The topological polar surface area (TPSA) is 80.8 Å². The molecular weight excluding hydrogens is 270 g/mol. The highest BCUT2D eigenvalue weighted by atomic mass is 32.2. The molecule has 98 valence electrons. The molecule has 0 unspecified atom stereocenters. The van der Waals surface area contributed by atoms with Crippen molar-refractivity contribution >= 4 is 22.0 Å². The Labute approximate surface area is 110 Å². The SMILES string of the molecule is CC#CCOC(=O)N1C(=O)c2ccccc2S1(=O)=O. The van der Waals surface area contributed by atoms with E-state index in [1.54, 1.807) is 6.92 Å². The van der Waals surface area contributed by atoms with Gasteiger partial charge in [-0.05, 0) is 19.1 Å². The largest absolute Gasteiger partial charge is 0.435 e. The van der Waals surface area contributed by atoms with E-state index in [1.165, 1.54) is 24.3 Å². The Morgan fingerprint density at radius 2 is 2.05 bits per heavy atom. The number of ether oxygens (including phenoxy) is 1. The van der Waals surface area contributed by atoms with Crippen molar-refractivity contribution < 1.29 is 22.7 Å². The van der Waals surface area contributed by atoms with Gasteiger partial charge in [0, 0.05) is 0 Å². The third-order valence-corrected chi connectivity index (χ3v) is 4.14. The molecule has 2 amide bonds. The van der Waals surface area contributed by atoms with Gasteiger partial charge in [0.1, 0.15) is 4.90 Å². The number of carbonyl (C=O) groups is 2. The number of nitrogens with zero attached hydrogens (tertiary/aromatic N) is 1. The zero-order valence-electron chi connectivity index (χ0n) is 9.91. The van der Waals surface area contributed by atoms with E-state index in [1.807, 2.05) is 0 Å². The molecule has 0 fully saturated rings. The number of benzene rings is 1. The Morgan fingerprint density at radius 1 is 1.37 bits per heavy atom. The van der Waals surface area contributed by atoms with E-state index >= 15 is 0 Å². The fourth-order valence-corrected chi connectivity index (χ4v) is 3.04. The lowest BCUT2D eigenvalue weighted by Gasteiger charge is -2.11. The molecule has 2 rings (SSSR count). The fraction of sp³-hybridized carbons (Fsp3) is 0.167. The summed E-state index contributed by atoms with van der Waals surface area (Å²) in [6, 6.07) is 5.60. The van der Waals surface area contributed by atoms with Crippen molar-refractivity contribution in [3.05, 3.63) is 29.8 Å². The molecule has 0 saturated heterocycles. The van der Waals surface area contributed by atoms with Crippen LogP contribution in [-0.4, -0.2) is 31.3 Å². The van der Waals surface area contributed by atoms with Crippen molar-refractivity contribution in [2.45, 2.75) is 11.8 Å². The van der Waals surface area contributed by atoms with Crippen LogP contribution in [0.1, 0.15) is 17.3 Å². The number of sulfonamides is 1. The Balaban J connectivity index is 2.37. The first-order valence-electron chi connectivity index (χ1n) is 5.25. The first-order valence-corrected chi connectivity index (χ1v) is 6.69. The summed E-state index contributed by atoms with van der Waals surface area (Å²) in [6.45, 7) is 1.27. The van der Waals surface area contributed by atoms with Crippen molar-refractivity contribution in [2.75, 3.05) is 6.61 Å². The maximum absolute atomic E-state index is 12.0. The predicted octanol–water partition coefficient (Wildman–Crippen LogP) is 0.991. The molecular formula is C12H9NO5S. The van der Waals surface area contributed by atoms with E-state index < -0.39 is 22.0 Å². The molecule has 7 heteroatoms. The van der Waals surface area contributed by atoms with Gasteiger partial charge >= 0.3 is 6.09 Å². The first-order chi connectivity index (χ1) is 9.00. The molecule has 6 nitrogen and oxygen atoms in total. The van der Waals surface area contributed by atoms with E-state index in [0.29, 0.717) is 0 Å². The van der Waals surface area contributed by atoms with Gasteiger partial charge in [-0.25, -0.2) is 13.2 Å². The number of fused-ring (bicyclic) bond motifs is 1. The van der Waals surface area contributed by atoms with Crippen LogP contribution in [0.15, 0.2) is 29.2 Å². The lowest BCUT2D eigenvalue weighted by atomic mass is 10.2. The molecule has 0 saturated carbocycles. The quantitative estimate of drug-likeness (QED) is 0.716. The number of carbonyl (C=O) groups excluding carboxylic acids is 2. The summed E-state index contributed by atoms with van der Waals surface area (Å²) in [5, 5.41) is 0.